The maximum Gasteiger partial charge on any atom is 0.220 e. The minimum atomic E-state index is -0.280. The summed E-state index contributed by atoms with van der Waals surface area (Å²) in [5.41, 5.74) is 0. The Morgan fingerprint density at radius 2 is 1.46 bits per heavy atom. The molecule has 0 aromatic carbocycles. The quantitative estimate of drug-likeness (QED) is 0.489. The predicted molar refractivity (Wildman–Crippen MR) is 92.8 cm³/mol. The molecule has 1 atom stereocenters. The Labute approximate surface area is 145 Å². The SMILES string of the molecule is CC(=O)CCOCC(COCCC(=O)C(C)C)NC(=O)CC(C)C. The Morgan fingerprint density at radius 1 is 0.917 bits per heavy atom. The first kappa shape index (κ1) is 22.7. The zero-order chi connectivity index (χ0) is 18.5. The molecule has 0 aliphatic heterocycles. The van der Waals surface area contributed by atoms with E-state index in [0.29, 0.717) is 32.5 Å². The first-order chi connectivity index (χ1) is 11.2. The zero-order valence-corrected chi connectivity index (χ0v) is 15.7. The fourth-order valence-corrected chi connectivity index (χ4v) is 1.92. The van der Waals surface area contributed by atoms with Gasteiger partial charge < -0.3 is 14.8 Å². The number of ketones is 2. The maximum absolute atomic E-state index is 11.9. The Kier molecular flexibility index (Phi) is 12.4. The van der Waals surface area contributed by atoms with E-state index in [1.54, 1.807) is 0 Å². The smallest absolute Gasteiger partial charge is 0.220 e. The highest BCUT2D eigenvalue weighted by molar-refractivity contribution is 5.80. The van der Waals surface area contributed by atoms with Gasteiger partial charge in [-0.25, -0.2) is 0 Å². The minimum Gasteiger partial charge on any atom is -0.379 e. The molecule has 0 radical (unpaired) electrons. The summed E-state index contributed by atoms with van der Waals surface area (Å²) in [7, 11) is 0. The summed E-state index contributed by atoms with van der Waals surface area (Å²) in [6.07, 6.45) is 1.17. The number of nitrogens with one attached hydrogen (secondary N) is 1. The number of rotatable bonds is 14. The molecule has 6 nitrogen and oxygen atoms in total. The number of ether oxygens (including phenoxy) is 2. The fourth-order valence-electron chi connectivity index (χ4n) is 1.92. The van der Waals surface area contributed by atoms with Gasteiger partial charge in [0, 0.05) is 25.2 Å². The number of hydrogen-bond acceptors (Lipinski definition) is 5. The Morgan fingerprint density at radius 3 is 1.92 bits per heavy atom. The van der Waals surface area contributed by atoms with Crippen LogP contribution in [0, 0.1) is 11.8 Å². The Balaban J connectivity index is 4.22. The molecule has 0 saturated carbocycles. The van der Waals surface area contributed by atoms with Crippen LogP contribution in [0.3, 0.4) is 0 Å². The van der Waals surface area contributed by atoms with Gasteiger partial charge in [0.25, 0.3) is 0 Å². The maximum atomic E-state index is 11.9. The number of hydrogen-bond donors (Lipinski definition) is 1. The van der Waals surface area contributed by atoms with Crippen molar-refractivity contribution in [1.82, 2.24) is 5.32 Å². The molecular formula is C18H33NO5. The zero-order valence-electron chi connectivity index (χ0n) is 15.7. The molecule has 140 valence electrons. The van der Waals surface area contributed by atoms with Gasteiger partial charge >= 0.3 is 0 Å². The van der Waals surface area contributed by atoms with Crippen molar-refractivity contribution in [3.63, 3.8) is 0 Å². The van der Waals surface area contributed by atoms with Gasteiger partial charge in [0.2, 0.25) is 5.91 Å². The van der Waals surface area contributed by atoms with Gasteiger partial charge in [-0.1, -0.05) is 27.7 Å². The van der Waals surface area contributed by atoms with Crippen molar-refractivity contribution >= 4 is 17.5 Å². The number of carbonyl (C=O) groups is 3. The van der Waals surface area contributed by atoms with E-state index in [2.05, 4.69) is 5.32 Å². The molecule has 0 heterocycles. The highest BCUT2D eigenvalue weighted by Gasteiger charge is 2.15. The van der Waals surface area contributed by atoms with Gasteiger partial charge in [0.1, 0.15) is 11.6 Å². The molecule has 0 aliphatic rings. The molecule has 0 bridgehead atoms. The molecule has 1 N–H and O–H groups in total. The standard InChI is InChI=1S/C18H33NO5/c1-13(2)10-18(22)19-16(11-23-8-6-15(5)20)12-24-9-7-17(21)14(3)4/h13-14,16H,6-12H2,1-5H3,(H,19,22). The first-order valence-electron chi connectivity index (χ1n) is 8.69. The molecule has 0 fully saturated rings. The highest BCUT2D eigenvalue weighted by Crippen LogP contribution is 2.02. The van der Waals surface area contributed by atoms with Crippen LogP contribution in [0.4, 0.5) is 0 Å². The molecule has 0 spiro atoms. The average molecular weight is 343 g/mol. The van der Waals surface area contributed by atoms with Crippen molar-refractivity contribution in [3.05, 3.63) is 0 Å². The van der Waals surface area contributed by atoms with Crippen molar-refractivity contribution in [2.24, 2.45) is 11.8 Å². The summed E-state index contributed by atoms with van der Waals surface area (Å²) in [5.74, 6) is 0.456. The summed E-state index contributed by atoms with van der Waals surface area (Å²) in [6.45, 7) is 10.4. The van der Waals surface area contributed by atoms with E-state index in [1.165, 1.54) is 6.92 Å². The van der Waals surface area contributed by atoms with Crippen LogP contribution in [-0.2, 0) is 23.9 Å². The molecule has 0 aromatic heterocycles. The van der Waals surface area contributed by atoms with Crippen molar-refractivity contribution in [3.8, 4) is 0 Å². The van der Waals surface area contributed by atoms with Crippen LogP contribution in [0.15, 0.2) is 0 Å². The van der Waals surface area contributed by atoms with Crippen molar-refractivity contribution in [2.45, 2.75) is 59.9 Å². The normalized spacial score (nSPS) is 12.5. The largest absolute Gasteiger partial charge is 0.379 e. The molecule has 1 amide bonds. The van der Waals surface area contributed by atoms with E-state index >= 15 is 0 Å². The van der Waals surface area contributed by atoms with E-state index in [1.807, 2.05) is 27.7 Å². The number of Topliss-reactive ketones (excluding diaryl/α,β-unsaturated/α-hetero) is 2. The van der Waals surface area contributed by atoms with Crippen LogP contribution in [0.25, 0.3) is 0 Å². The van der Waals surface area contributed by atoms with Crippen LogP contribution in [0.1, 0.15) is 53.9 Å². The van der Waals surface area contributed by atoms with Gasteiger partial charge in [0.05, 0.1) is 32.5 Å². The van der Waals surface area contributed by atoms with Gasteiger partial charge in [-0.2, -0.15) is 0 Å². The highest BCUT2D eigenvalue weighted by atomic mass is 16.5. The van der Waals surface area contributed by atoms with Crippen LogP contribution in [-0.4, -0.2) is 49.9 Å². The lowest BCUT2D eigenvalue weighted by molar-refractivity contribution is -0.125. The topological polar surface area (TPSA) is 81.7 Å². The van der Waals surface area contributed by atoms with E-state index < -0.39 is 0 Å². The second-order valence-electron chi connectivity index (χ2n) is 6.84. The molecule has 0 aliphatic carbocycles. The van der Waals surface area contributed by atoms with Crippen LogP contribution in [0.2, 0.25) is 0 Å². The molecule has 0 saturated heterocycles. The molecule has 24 heavy (non-hydrogen) atoms. The summed E-state index contributed by atoms with van der Waals surface area (Å²) < 4.78 is 11.0. The lowest BCUT2D eigenvalue weighted by Gasteiger charge is -2.19. The minimum absolute atomic E-state index is 0.00468. The lowest BCUT2D eigenvalue weighted by atomic mass is 10.1. The van der Waals surface area contributed by atoms with Gasteiger partial charge in [-0.3, -0.25) is 14.4 Å². The Hall–Kier alpha value is -1.27. The summed E-state index contributed by atoms with van der Waals surface area (Å²) in [4.78, 5) is 34.4. The van der Waals surface area contributed by atoms with Gasteiger partial charge in [0.15, 0.2) is 0 Å². The number of carbonyl (C=O) groups excluding carboxylic acids is 3. The van der Waals surface area contributed by atoms with Crippen LogP contribution < -0.4 is 5.32 Å². The molecule has 6 heteroatoms. The second kappa shape index (κ2) is 13.1. The molecular weight excluding hydrogens is 310 g/mol. The summed E-state index contributed by atoms with van der Waals surface area (Å²) in [6, 6.07) is -0.280. The monoisotopic (exact) mass is 343 g/mol. The van der Waals surface area contributed by atoms with E-state index in [4.69, 9.17) is 9.47 Å². The Bertz CT molecular complexity index is 393. The van der Waals surface area contributed by atoms with Crippen LogP contribution in [0.5, 0.6) is 0 Å². The summed E-state index contributed by atoms with van der Waals surface area (Å²) >= 11 is 0. The first-order valence-corrected chi connectivity index (χ1v) is 8.69. The van der Waals surface area contributed by atoms with Crippen molar-refractivity contribution in [1.29, 1.82) is 0 Å². The van der Waals surface area contributed by atoms with Gasteiger partial charge in [-0.05, 0) is 12.8 Å². The van der Waals surface area contributed by atoms with E-state index in [-0.39, 0.29) is 48.6 Å². The third-order valence-electron chi connectivity index (χ3n) is 3.33. The predicted octanol–water partition coefficient (Wildman–Crippen LogP) is 2.14. The number of amides is 1. The lowest BCUT2D eigenvalue weighted by Crippen LogP contribution is -2.42. The van der Waals surface area contributed by atoms with E-state index in [0.717, 1.165) is 0 Å². The second-order valence-corrected chi connectivity index (χ2v) is 6.84. The van der Waals surface area contributed by atoms with Crippen LogP contribution >= 0.6 is 0 Å². The summed E-state index contributed by atoms with van der Waals surface area (Å²) in [5, 5.41) is 2.89. The van der Waals surface area contributed by atoms with E-state index in [9.17, 15) is 14.4 Å². The third-order valence-corrected chi connectivity index (χ3v) is 3.33. The fraction of sp³-hybridized carbons (Fsp3) is 0.833. The van der Waals surface area contributed by atoms with Crippen molar-refractivity contribution < 1.29 is 23.9 Å². The molecule has 0 rings (SSSR count). The molecule has 1 unspecified atom stereocenters. The van der Waals surface area contributed by atoms with Gasteiger partial charge in [-0.15, -0.1) is 0 Å². The third kappa shape index (κ3) is 13.2. The molecule has 0 aromatic rings. The average Bonchev–Trinajstić information content (AvgIpc) is 2.45. The van der Waals surface area contributed by atoms with Crippen molar-refractivity contribution in [2.75, 3.05) is 26.4 Å².